The quantitative estimate of drug-likeness (QED) is 0.827. The van der Waals surface area contributed by atoms with Gasteiger partial charge in [-0.25, -0.2) is 8.42 Å². The molecule has 0 saturated carbocycles. The van der Waals surface area contributed by atoms with Crippen LogP contribution in [0, 0.1) is 0 Å². The molecule has 1 atom stereocenters. The molecular formula is C16H22N2O4S. The fourth-order valence-corrected chi connectivity index (χ4v) is 4.97. The van der Waals surface area contributed by atoms with Crippen LogP contribution in [0.1, 0.15) is 33.1 Å². The van der Waals surface area contributed by atoms with E-state index in [1.54, 1.807) is 27.4 Å². The highest BCUT2D eigenvalue weighted by atomic mass is 32.2. The molecule has 1 fully saturated rings. The van der Waals surface area contributed by atoms with Crippen molar-refractivity contribution in [3.63, 3.8) is 0 Å². The molecule has 1 amide bonds. The highest BCUT2D eigenvalue weighted by molar-refractivity contribution is 7.89. The fourth-order valence-electron chi connectivity index (χ4n) is 3.25. The summed E-state index contributed by atoms with van der Waals surface area (Å²) >= 11 is 0. The highest BCUT2D eigenvalue weighted by Gasteiger charge is 2.32. The minimum Gasteiger partial charge on any atom is -0.490 e. The summed E-state index contributed by atoms with van der Waals surface area (Å²) in [6.07, 6.45) is 2.83. The Hall–Kier alpha value is -1.60. The Morgan fingerprint density at radius 2 is 2.04 bits per heavy atom. The second-order valence-corrected chi connectivity index (χ2v) is 8.00. The number of hydrogen-bond donors (Lipinski definition) is 0. The van der Waals surface area contributed by atoms with E-state index in [0.29, 0.717) is 31.1 Å². The van der Waals surface area contributed by atoms with Crippen LogP contribution in [0.5, 0.6) is 5.75 Å². The highest BCUT2D eigenvalue weighted by Crippen LogP contribution is 2.35. The number of carbonyl (C=O) groups is 1. The van der Waals surface area contributed by atoms with Crippen molar-refractivity contribution in [3.05, 3.63) is 18.2 Å². The normalized spacial score (nSPS) is 22.3. The van der Waals surface area contributed by atoms with Gasteiger partial charge in [-0.1, -0.05) is 6.42 Å². The molecule has 3 rings (SSSR count). The van der Waals surface area contributed by atoms with Crippen molar-refractivity contribution in [3.8, 4) is 5.75 Å². The lowest BCUT2D eigenvalue weighted by molar-refractivity contribution is -0.116. The summed E-state index contributed by atoms with van der Waals surface area (Å²) in [4.78, 5) is 13.6. The zero-order valence-electron chi connectivity index (χ0n) is 13.5. The van der Waals surface area contributed by atoms with E-state index in [1.807, 2.05) is 6.92 Å². The molecule has 0 N–H and O–H groups in total. The lowest BCUT2D eigenvalue weighted by Gasteiger charge is -2.33. The molecule has 126 valence electrons. The first kappa shape index (κ1) is 16.3. The average molecular weight is 338 g/mol. The van der Waals surface area contributed by atoms with Gasteiger partial charge in [-0.05, 0) is 38.0 Å². The number of piperidine rings is 1. The van der Waals surface area contributed by atoms with Crippen LogP contribution in [-0.4, -0.2) is 44.4 Å². The molecular weight excluding hydrogens is 316 g/mol. The maximum atomic E-state index is 12.9. The molecule has 0 aromatic heterocycles. The van der Waals surface area contributed by atoms with Gasteiger partial charge in [0.05, 0.1) is 17.1 Å². The van der Waals surface area contributed by atoms with E-state index in [0.717, 1.165) is 19.3 Å². The largest absolute Gasteiger partial charge is 0.490 e. The third-order valence-corrected chi connectivity index (χ3v) is 6.53. The number of sulfonamides is 1. The number of ether oxygens (including phenoxy) is 1. The molecule has 0 radical (unpaired) electrons. The van der Waals surface area contributed by atoms with Crippen LogP contribution in [0.15, 0.2) is 23.1 Å². The zero-order valence-corrected chi connectivity index (χ0v) is 14.3. The van der Waals surface area contributed by atoms with Gasteiger partial charge in [0, 0.05) is 19.5 Å². The lowest BCUT2D eigenvalue weighted by atomic mass is 10.1. The molecule has 2 aliphatic heterocycles. The van der Waals surface area contributed by atoms with Crippen molar-refractivity contribution in [2.24, 2.45) is 0 Å². The summed E-state index contributed by atoms with van der Waals surface area (Å²) in [5.74, 6) is 0.438. The average Bonchev–Trinajstić information content (AvgIpc) is 2.53. The number of hydrogen-bond acceptors (Lipinski definition) is 4. The Balaban J connectivity index is 2.00. The van der Waals surface area contributed by atoms with Gasteiger partial charge in [-0.3, -0.25) is 4.79 Å². The van der Waals surface area contributed by atoms with Crippen LogP contribution in [0.25, 0.3) is 0 Å². The monoisotopic (exact) mass is 338 g/mol. The molecule has 23 heavy (non-hydrogen) atoms. The Bertz CT molecular complexity index is 717. The van der Waals surface area contributed by atoms with Crippen molar-refractivity contribution < 1.29 is 17.9 Å². The molecule has 6 nitrogen and oxygen atoms in total. The van der Waals surface area contributed by atoms with Crippen LogP contribution >= 0.6 is 0 Å². The Morgan fingerprint density at radius 3 is 2.74 bits per heavy atom. The lowest BCUT2D eigenvalue weighted by Crippen LogP contribution is -2.42. The topological polar surface area (TPSA) is 66.9 Å². The van der Waals surface area contributed by atoms with E-state index in [2.05, 4.69) is 0 Å². The van der Waals surface area contributed by atoms with Crippen LogP contribution in [-0.2, 0) is 14.8 Å². The maximum Gasteiger partial charge on any atom is 0.243 e. The van der Waals surface area contributed by atoms with Gasteiger partial charge in [-0.2, -0.15) is 4.31 Å². The summed E-state index contributed by atoms with van der Waals surface area (Å²) in [7, 11) is -3.55. The van der Waals surface area contributed by atoms with E-state index in [-0.39, 0.29) is 16.8 Å². The van der Waals surface area contributed by atoms with Crippen molar-refractivity contribution in [1.82, 2.24) is 4.31 Å². The second-order valence-electron chi connectivity index (χ2n) is 6.11. The van der Waals surface area contributed by atoms with Gasteiger partial charge in [-0.15, -0.1) is 0 Å². The van der Waals surface area contributed by atoms with Crippen LogP contribution in [0.3, 0.4) is 0 Å². The van der Waals surface area contributed by atoms with Crippen molar-refractivity contribution in [2.75, 3.05) is 24.6 Å². The van der Waals surface area contributed by atoms with E-state index in [4.69, 9.17) is 4.74 Å². The van der Waals surface area contributed by atoms with Crippen LogP contribution < -0.4 is 9.64 Å². The fraction of sp³-hybridized carbons (Fsp3) is 0.562. The first-order chi connectivity index (χ1) is 10.9. The van der Waals surface area contributed by atoms with Crippen LogP contribution in [0.2, 0.25) is 0 Å². The van der Waals surface area contributed by atoms with Gasteiger partial charge in [0.1, 0.15) is 12.4 Å². The minimum absolute atomic E-state index is 0.00458. The SMILES string of the molecule is CC(=O)N1CCOc2ccc(S(=O)(=O)N3CCCCC3C)cc21. The number of amides is 1. The molecule has 0 aliphatic carbocycles. The van der Waals surface area contributed by atoms with Gasteiger partial charge < -0.3 is 9.64 Å². The predicted molar refractivity (Wildman–Crippen MR) is 87.2 cm³/mol. The summed E-state index contributed by atoms with van der Waals surface area (Å²) < 4.78 is 33.0. The van der Waals surface area contributed by atoms with Crippen LogP contribution in [0.4, 0.5) is 5.69 Å². The van der Waals surface area contributed by atoms with E-state index in [9.17, 15) is 13.2 Å². The molecule has 1 aromatic carbocycles. The molecule has 7 heteroatoms. The Labute approximate surface area is 137 Å². The van der Waals surface area contributed by atoms with Gasteiger partial charge >= 0.3 is 0 Å². The van der Waals surface area contributed by atoms with E-state index < -0.39 is 10.0 Å². The molecule has 1 saturated heterocycles. The maximum absolute atomic E-state index is 12.9. The summed E-state index contributed by atoms with van der Waals surface area (Å²) in [5, 5.41) is 0. The summed E-state index contributed by atoms with van der Waals surface area (Å²) in [5.41, 5.74) is 0.537. The first-order valence-electron chi connectivity index (χ1n) is 7.98. The van der Waals surface area contributed by atoms with E-state index in [1.165, 1.54) is 6.92 Å². The Kier molecular flexibility index (Phi) is 4.33. The summed E-state index contributed by atoms with van der Waals surface area (Å²) in [6.45, 7) is 4.82. The minimum atomic E-state index is -3.55. The smallest absolute Gasteiger partial charge is 0.243 e. The number of benzene rings is 1. The summed E-state index contributed by atoms with van der Waals surface area (Å²) in [6, 6.07) is 4.78. The van der Waals surface area contributed by atoms with Crippen molar-refractivity contribution in [1.29, 1.82) is 0 Å². The molecule has 0 spiro atoms. The number of carbonyl (C=O) groups excluding carboxylic acids is 1. The first-order valence-corrected chi connectivity index (χ1v) is 9.42. The second kappa shape index (κ2) is 6.13. The van der Waals surface area contributed by atoms with Gasteiger partial charge in [0.2, 0.25) is 15.9 Å². The van der Waals surface area contributed by atoms with E-state index >= 15 is 0 Å². The van der Waals surface area contributed by atoms with Crippen molar-refractivity contribution >= 4 is 21.6 Å². The number of anilines is 1. The molecule has 2 aliphatic rings. The van der Waals surface area contributed by atoms with Crippen molar-refractivity contribution in [2.45, 2.75) is 44.0 Å². The Morgan fingerprint density at radius 1 is 1.26 bits per heavy atom. The zero-order chi connectivity index (χ0) is 16.6. The molecule has 2 heterocycles. The standard InChI is InChI=1S/C16H22N2O4S/c1-12-5-3-4-8-18(12)23(20,21)14-6-7-16-15(11-14)17(13(2)19)9-10-22-16/h6-7,11-12H,3-5,8-10H2,1-2H3. The number of nitrogens with zero attached hydrogens (tertiary/aromatic N) is 2. The number of fused-ring (bicyclic) bond motifs is 1. The number of rotatable bonds is 2. The molecule has 1 aromatic rings. The predicted octanol–water partition coefficient (Wildman–Crippen LogP) is 1.99. The molecule has 0 bridgehead atoms. The molecule has 1 unspecified atom stereocenters. The van der Waals surface area contributed by atoms with Gasteiger partial charge in [0.15, 0.2) is 0 Å². The third kappa shape index (κ3) is 2.95. The third-order valence-electron chi connectivity index (χ3n) is 4.52. The van der Waals surface area contributed by atoms with Gasteiger partial charge in [0.25, 0.3) is 0 Å².